The molecule has 1 aliphatic heterocycles. The van der Waals surface area contributed by atoms with Crippen LogP contribution < -0.4 is 0 Å². The number of hydrogen-bond donors (Lipinski definition) is 1. The first kappa shape index (κ1) is 14.4. The van der Waals surface area contributed by atoms with Crippen LogP contribution in [0.4, 0.5) is 0 Å². The summed E-state index contributed by atoms with van der Waals surface area (Å²) in [5, 5.41) is 9.56. The van der Waals surface area contributed by atoms with E-state index >= 15 is 0 Å². The summed E-state index contributed by atoms with van der Waals surface area (Å²) in [4.78, 5) is 30.2. The Balaban J connectivity index is 1.72. The molecule has 0 unspecified atom stereocenters. The fraction of sp³-hybridized carbons (Fsp3) is 0.167. The minimum absolute atomic E-state index is 0.285. The smallest absolute Gasteiger partial charge is 0.326 e. The number of carbonyl (C=O) groups is 2. The van der Waals surface area contributed by atoms with Gasteiger partial charge in [0.15, 0.2) is 0 Å². The summed E-state index contributed by atoms with van der Waals surface area (Å²) in [6.07, 6.45) is 5.42. The zero-order chi connectivity index (χ0) is 16.7. The van der Waals surface area contributed by atoms with Crippen LogP contribution in [0.3, 0.4) is 0 Å². The molecule has 2 aromatic heterocycles. The highest BCUT2D eigenvalue weighted by Gasteiger charge is 2.35. The number of fused-ring (bicyclic) bond motifs is 2. The molecule has 0 bridgehead atoms. The first-order valence-electron chi connectivity index (χ1n) is 7.67. The molecule has 0 aliphatic carbocycles. The molecule has 1 aliphatic rings. The molecule has 0 fully saturated rings. The summed E-state index contributed by atoms with van der Waals surface area (Å²) in [5.74, 6) is -1.27. The van der Waals surface area contributed by atoms with Crippen LogP contribution in [-0.4, -0.2) is 37.3 Å². The van der Waals surface area contributed by atoms with Crippen LogP contribution in [0, 0.1) is 0 Å². The van der Waals surface area contributed by atoms with Gasteiger partial charge in [-0.2, -0.15) is 0 Å². The van der Waals surface area contributed by atoms with Crippen molar-refractivity contribution in [3.05, 3.63) is 71.7 Å². The fourth-order valence-corrected chi connectivity index (χ4v) is 3.17. The SMILES string of the molecule is O=C(O)[C@@H]1Cc2ccccc2CN1C(=O)c1ccc2nccn2c1. The molecule has 1 amide bonds. The van der Waals surface area contributed by atoms with Gasteiger partial charge in [-0.15, -0.1) is 0 Å². The average Bonchev–Trinajstić information content (AvgIpc) is 3.07. The van der Waals surface area contributed by atoms with Gasteiger partial charge in [-0.25, -0.2) is 9.78 Å². The molecule has 0 saturated carbocycles. The molecule has 0 spiro atoms. The molecule has 4 rings (SSSR count). The zero-order valence-corrected chi connectivity index (χ0v) is 12.8. The van der Waals surface area contributed by atoms with E-state index in [1.807, 2.05) is 24.3 Å². The second-order valence-corrected chi connectivity index (χ2v) is 5.87. The molecule has 0 radical (unpaired) electrons. The molecular formula is C18H15N3O3. The molecule has 120 valence electrons. The molecule has 6 nitrogen and oxygen atoms in total. The second kappa shape index (κ2) is 5.49. The van der Waals surface area contributed by atoms with Gasteiger partial charge in [-0.1, -0.05) is 24.3 Å². The quantitative estimate of drug-likeness (QED) is 0.783. The van der Waals surface area contributed by atoms with Gasteiger partial charge in [0.05, 0.1) is 5.56 Å². The maximum atomic E-state index is 12.9. The lowest BCUT2D eigenvalue weighted by Crippen LogP contribution is -2.48. The van der Waals surface area contributed by atoms with E-state index in [1.54, 1.807) is 35.1 Å². The van der Waals surface area contributed by atoms with Gasteiger partial charge in [-0.05, 0) is 23.3 Å². The summed E-state index contributed by atoms with van der Waals surface area (Å²) in [6.45, 7) is 0.300. The first-order chi connectivity index (χ1) is 11.6. The van der Waals surface area contributed by atoms with Crippen molar-refractivity contribution in [1.29, 1.82) is 0 Å². The van der Waals surface area contributed by atoms with Crippen LogP contribution in [-0.2, 0) is 17.8 Å². The van der Waals surface area contributed by atoms with Crippen LogP contribution in [0.15, 0.2) is 55.0 Å². The van der Waals surface area contributed by atoms with Crippen LogP contribution >= 0.6 is 0 Å². The van der Waals surface area contributed by atoms with Gasteiger partial charge >= 0.3 is 5.97 Å². The maximum absolute atomic E-state index is 12.9. The van der Waals surface area contributed by atoms with E-state index in [0.29, 0.717) is 18.5 Å². The van der Waals surface area contributed by atoms with Crippen LogP contribution in [0.2, 0.25) is 0 Å². The number of carboxylic acid groups (broad SMARTS) is 1. The Morgan fingerprint density at radius 1 is 1.12 bits per heavy atom. The summed E-state index contributed by atoms with van der Waals surface area (Å²) in [7, 11) is 0. The Morgan fingerprint density at radius 2 is 1.92 bits per heavy atom. The van der Waals surface area contributed by atoms with Gasteiger partial charge < -0.3 is 14.4 Å². The Morgan fingerprint density at radius 3 is 2.71 bits per heavy atom. The first-order valence-corrected chi connectivity index (χ1v) is 7.67. The number of amides is 1. The van der Waals surface area contributed by atoms with Crippen molar-refractivity contribution in [2.24, 2.45) is 0 Å². The van der Waals surface area contributed by atoms with Crippen molar-refractivity contribution in [2.75, 3.05) is 0 Å². The Hall–Kier alpha value is -3.15. The number of benzene rings is 1. The number of aromatic nitrogens is 2. The lowest BCUT2D eigenvalue weighted by molar-refractivity contribution is -0.142. The van der Waals surface area contributed by atoms with Crippen LogP contribution in [0.1, 0.15) is 21.5 Å². The van der Waals surface area contributed by atoms with E-state index in [4.69, 9.17) is 0 Å². The number of carboxylic acids is 1. The number of nitrogens with zero attached hydrogens (tertiary/aromatic N) is 3. The molecular weight excluding hydrogens is 306 g/mol. The maximum Gasteiger partial charge on any atom is 0.326 e. The molecule has 1 N–H and O–H groups in total. The normalized spacial score (nSPS) is 16.8. The summed E-state index contributed by atoms with van der Waals surface area (Å²) in [6, 6.07) is 10.2. The van der Waals surface area contributed by atoms with Gasteiger partial charge in [0, 0.05) is 31.6 Å². The molecule has 6 heteroatoms. The number of hydrogen-bond acceptors (Lipinski definition) is 3. The summed E-state index contributed by atoms with van der Waals surface area (Å²) >= 11 is 0. The van der Waals surface area contributed by atoms with Gasteiger partial charge in [-0.3, -0.25) is 4.79 Å². The lowest BCUT2D eigenvalue weighted by Gasteiger charge is -2.34. The molecule has 0 saturated heterocycles. The molecule has 3 heterocycles. The summed E-state index contributed by atoms with van der Waals surface area (Å²) < 4.78 is 1.75. The predicted octanol–water partition coefficient (Wildman–Crippen LogP) is 1.99. The standard InChI is InChI=1S/C18H15N3O3/c22-17(14-5-6-16-19-7-8-20(16)10-14)21-11-13-4-2-1-3-12(13)9-15(21)18(23)24/h1-8,10,15H,9,11H2,(H,23,24)/t15-/m0/s1. The van der Waals surface area contributed by atoms with Crippen molar-refractivity contribution in [1.82, 2.24) is 14.3 Å². The van der Waals surface area contributed by atoms with Crippen molar-refractivity contribution in [3.8, 4) is 0 Å². The molecule has 1 atom stereocenters. The van der Waals surface area contributed by atoms with Crippen LogP contribution in [0.5, 0.6) is 0 Å². The number of imidazole rings is 1. The highest BCUT2D eigenvalue weighted by Crippen LogP contribution is 2.25. The monoisotopic (exact) mass is 321 g/mol. The lowest BCUT2D eigenvalue weighted by atomic mass is 9.93. The van der Waals surface area contributed by atoms with Gasteiger partial charge in [0.2, 0.25) is 0 Å². The Bertz CT molecular complexity index is 947. The zero-order valence-electron chi connectivity index (χ0n) is 12.8. The number of carbonyl (C=O) groups excluding carboxylic acids is 1. The van der Waals surface area contributed by atoms with E-state index < -0.39 is 12.0 Å². The van der Waals surface area contributed by atoms with Crippen molar-refractivity contribution >= 4 is 17.5 Å². The van der Waals surface area contributed by atoms with Crippen molar-refractivity contribution in [3.63, 3.8) is 0 Å². The van der Waals surface area contributed by atoms with E-state index in [0.717, 1.165) is 16.8 Å². The number of rotatable bonds is 2. The van der Waals surface area contributed by atoms with Gasteiger partial charge in [0.25, 0.3) is 5.91 Å². The number of pyridine rings is 1. The van der Waals surface area contributed by atoms with E-state index in [-0.39, 0.29) is 5.91 Å². The Labute approximate surface area is 138 Å². The van der Waals surface area contributed by atoms with E-state index in [1.165, 1.54) is 4.90 Å². The minimum Gasteiger partial charge on any atom is -0.480 e. The minimum atomic E-state index is -0.985. The van der Waals surface area contributed by atoms with E-state index in [2.05, 4.69) is 4.98 Å². The van der Waals surface area contributed by atoms with Crippen molar-refractivity contribution < 1.29 is 14.7 Å². The third-order valence-corrected chi connectivity index (χ3v) is 4.43. The predicted molar refractivity (Wildman–Crippen MR) is 86.6 cm³/mol. The molecule has 24 heavy (non-hydrogen) atoms. The highest BCUT2D eigenvalue weighted by atomic mass is 16.4. The molecule has 1 aromatic carbocycles. The van der Waals surface area contributed by atoms with Crippen molar-refractivity contribution in [2.45, 2.75) is 19.0 Å². The fourth-order valence-electron chi connectivity index (χ4n) is 3.17. The molecule has 3 aromatic rings. The second-order valence-electron chi connectivity index (χ2n) is 5.87. The van der Waals surface area contributed by atoms with Crippen LogP contribution in [0.25, 0.3) is 5.65 Å². The summed E-state index contributed by atoms with van der Waals surface area (Å²) in [5.41, 5.74) is 3.17. The van der Waals surface area contributed by atoms with E-state index in [9.17, 15) is 14.7 Å². The highest BCUT2D eigenvalue weighted by molar-refractivity contribution is 5.97. The Kier molecular flexibility index (Phi) is 3.30. The third-order valence-electron chi connectivity index (χ3n) is 4.43. The third kappa shape index (κ3) is 2.32. The largest absolute Gasteiger partial charge is 0.480 e. The topological polar surface area (TPSA) is 74.9 Å². The average molecular weight is 321 g/mol. The number of aliphatic carboxylic acids is 1. The van der Waals surface area contributed by atoms with Gasteiger partial charge in [0.1, 0.15) is 11.7 Å².